The molecule has 1 aliphatic heterocycles. The third kappa shape index (κ3) is 6.27. The summed E-state index contributed by atoms with van der Waals surface area (Å²) in [6.07, 6.45) is 1.19. The second-order valence-corrected chi connectivity index (χ2v) is 7.72. The molecule has 0 saturated carbocycles. The minimum Gasteiger partial charge on any atom is -0.480 e. The maximum absolute atomic E-state index is 12.8. The third-order valence-corrected chi connectivity index (χ3v) is 4.32. The van der Waals surface area contributed by atoms with Gasteiger partial charge in [0.05, 0.1) is 0 Å². The number of carbonyl (C=O) groups excluding carboxylic acids is 2. The van der Waals surface area contributed by atoms with Gasteiger partial charge in [-0.3, -0.25) is 14.5 Å². The van der Waals surface area contributed by atoms with Crippen LogP contribution in [0, 0.1) is 0 Å². The van der Waals surface area contributed by atoms with Crippen LogP contribution in [0.2, 0.25) is 0 Å². The van der Waals surface area contributed by atoms with Crippen molar-refractivity contribution in [3.8, 4) is 0 Å². The molecule has 7 heteroatoms. The Morgan fingerprint density at radius 2 is 1.93 bits per heavy atom. The first kappa shape index (κ1) is 20.7. The van der Waals surface area contributed by atoms with Crippen molar-refractivity contribution in [3.05, 3.63) is 35.9 Å². The zero-order chi connectivity index (χ0) is 20.0. The van der Waals surface area contributed by atoms with Crippen molar-refractivity contribution in [2.75, 3.05) is 19.6 Å². The number of piperidine rings is 1. The van der Waals surface area contributed by atoms with Gasteiger partial charge in [-0.15, -0.1) is 0 Å². The van der Waals surface area contributed by atoms with E-state index in [1.54, 1.807) is 20.8 Å². The smallest absolute Gasteiger partial charge is 0.410 e. The average Bonchev–Trinajstić information content (AvgIpc) is 2.57. The lowest BCUT2D eigenvalue weighted by Gasteiger charge is -2.38. The largest absolute Gasteiger partial charge is 0.480 e. The highest BCUT2D eigenvalue weighted by Gasteiger charge is 2.38. The molecule has 0 spiro atoms. The number of aliphatic carboxylic acids is 1. The molecular weight excluding hydrogens is 348 g/mol. The van der Waals surface area contributed by atoms with Gasteiger partial charge in [0.15, 0.2) is 0 Å². The fourth-order valence-electron chi connectivity index (χ4n) is 3.12. The standard InChI is InChI=1S/C20H28N2O5/c1-20(2,3)27-19(26)22(13-11-15-8-5-4-6-9-15)16-10-7-12-21(18(16)25)14-17(23)24/h4-6,8-9,16H,7,10-14H2,1-3H3,(H,23,24). The van der Waals surface area contributed by atoms with E-state index >= 15 is 0 Å². The number of carbonyl (C=O) groups is 3. The number of amides is 2. The summed E-state index contributed by atoms with van der Waals surface area (Å²) in [6, 6.07) is 9.00. The number of likely N-dealkylation sites (tertiary alicyclic amines) is 1. The SMILES string of the molecule is CC(C)(C)OC(=O)N(CCc1ccccc1)C1CCCN(CC(=O)O)C1=O. The monoisotopic (exact) mass is 376 g/mol. The number of carboxylic acid groups (broad SMARTS) is 1. The van der Waals surface area contributed by atoms with Gasteiger partial charge in [0.2, 0.25) is 5.91 Å². The Morgan fingerprint density at radius 1 is 1.26 bits per heavy atom. The first-order chi connectivity index (χ1) is 12.7. The summed E-state index contributed by atoms with van der Waals surface area (Å²) in [5.74, 6) is -1.39. The molecule has 27 heavy (non-hydrogen) atoms. The number of benzene rings is 1. The molecule has 0 bridgehead atoms. The molecule has 1 aliphatic rings. The summed E-state index contributed by atoms with van der Waals surface area (Å²) in [5, 5.41) is 9.02. The Bertz CT molecular complexity index is 669. The molecule has 1 N–H and O–H groups in total. The molecule has 2 amide bonds. The normalized spacial score (nSPS) is 17.5. The summed E-state index contributed by atoms with van der Waals surface area (Å²) in [7, 11) is 0. The highest BCUT2D eigenvalue weighted by Crippen LogP contribution is 2.21. The lowest BCUT2D eigenvalue weighted by Crippen LogP contribution is -2.56. The lowest BCUT2D eigenvalue weighted by atomic mass is 10.0. The van der Waals surface area contributed by atoms with Crippen LogP contribution in [0.5, 0.6) is 0 Å². The molecule has 1 atom stereocenters. The van der Waals surface area contributed by atoms with Crippen LogP contribution in [0.4, 0.5) is 4.79 Å². The molecule has 1 heterocycles. The van der Waals surface area contributed by atoms with E-state index in [2.05, 4.69) is 0 Å². The first-order valence-electron chi connectivity index (χ1n) is 9.21. The Hall–Kier alpha value is -2.57. The molecule has 2 rings (SSSR count). The molecule has 0 aromatic heterocycles. The summed E-state index contributed by atoms with van der Waals surface area (Å²) < 4.78 is 5.51. The first-order valence-corrected chi connectivity index (χ1v) is 9.21. The average molecular weight is 376 g/mol. The predicted octanol–water partition coefficient (Wildman–Crippen LogP) is 2.54. The number of rotatable bonds is 6. The van der Waals surface area contributed by atoms with E-state index in [1.807, 2.05) is 30.3 Å². The van der Waals surface area contributed by atoms with Gasteiger partial charge in [-0.2, -0.15) is 0 Å². The Morgan fingerprint density at radius 3 is 2.52 bits per heavy atom. The highest BCUT2D eigenvalue weighted by atomic mass is 16.6. The molecule has 1 aromatic carbocycles. The zero-order valence-electron chi connectivity index (χ0n) is 16.2. The van der Waals surface area contributed by atoms with Crippen molar-refractivity contribution < 1.29 is 24.2 Å². The van der Waals surface area contributed by atoms with E-state index in [1.165, 1.54) is 9.80 Å². The summed E-state index contributed by atoms with van der Waals surface area (Å²) in [6.45, 7) is 5.70. The summed E-state index contributed by atoms with van der Waals surface area (Å²) in [4.78, 5) is 39.3. The van der Waals surface area contributed by atoms with Crippen molar-refractivity contribution >= 4 is 18.0 Å². The van der Waals surface area contributed by atoms with Gasteiger partial charge in [-0.1, -0.05) is 30.3 Å². The van der Waals surface area contributed by atoms with E-state index in [9.17, 15) is 14.4 Å². The summed E-state index contributed by atoms with van der Waals surface area (Å²) in [5.41, 5.74) is 0.372. The fourth-order valence-corrected chi connectivity index (χ4v) is 3.12. The molecule has 148 valence electrons. The lowest BCUT2D eigenvalue weighted by molar-refractivity contribution is -0.148. The van der Waals surface area contributed by atoms with Crippen LogP contribution in [0.3, 0.4) is 0 Å². The van der Waals surface area contributed by atoms with Crippen LogP contribution in [-0.4, -0.2) is 64.2 Å². The molecule has 1 saturated heterocycles. The van der Waals surface area contributed by atoms with Gasteiger partial charge < -0.3 is 14.7 Å². The minimum absolute atomic E-state index is 0.330. The van der Waals surface area contributed by atoms with Crippen molar-refractivity contribution in [2.45, 2.75) is 51.7 Å². The van der Waals surface area contributed by atoms with Gasteiger partial charge in [0.25, 0.3) is 0 Å². The number of nitrogens with zero attached hydrogens (tertiary/aromatic N) is 2. The molecule has 0 aliphatic carbocycles. The number of ether oxygens (including phenoxy) is 1. The molecule has 1 fully saturated rings. The maximum atomic E-state index is 12.8. The molecule has 0 radical (unpaired) electrons. The van der Waals surface area contributed by atoms with E-state index in [0.717, 1.165) is 5.56 Å². The molecule has 1 aromatic rings. The Balaban J connectivity index is 2.17. The van der Waals surface area contributed by atoms with E-state index in [-0.39, 0.29) is 12.5 Å². The quantitative estimate of drug-likeness (QED) is 0.824. The second-order valence-electron chi connectivity index (χ2n) is 7.72. The van der Waals surface area contributed by atoms with Gasteiger partial charge in [0, 0.05) is 13.1 Å². The van der Waals surface area contributed by atoms with Gasteiger partial charge >= 0.3 is 12.1 Å². The third-order valence-electron chi connectivity index (χ3n) is 4.32. The van der Waals surface area contributed by atoms with Crippen molar-refractivity contribution in [1.82, 2.24) is 9.80 Å². The number of hydrogen-bond acceptors (Lipinski definition) is 4. The van der Waals surface area contributed by atoms with Crippen LogP contribution in [-0.2, 0) is 20.7 Å². The molecule has 1 unspecified atom stereocenters. The topological polar surface area (TPSA) is 87.2 Å². The fraction of sp³-hybridized carbons (Fsp3) is 0.550. The Kier molecular flexibility index (Phi) is 6.82. The van der Waals surface area contributed by atoms with Crippen molar-refractivity contribution in [2.24, 2.45) is 0 Å². The zero-order valence-corrected chi connectivity index (χ0v) is 16.2. The van der Waals surface area contributed by atoms with Crippen LogP contribution in [0.15, 0.2) is 30.3 Å². The van der Waals surface area contributed by atoms with E-state index in [0.29, 0.717) is 32.4 Å². The number of hydrogen-bond donors (Lipinski definition) is 1. The van der Waals surface area contributed by atoms with Crippen molar-refractivity contribution in [3.63, 3.8) is 0 Å². The van der Waals surface area contributed by atoms with Crippen LogP contribution in [0.1, 0.15) is 39.2 Å². The maximum Gasteiger partial charge on any atom is 0.410 e. The predicted molar refractivity (Wildman–Crippen MR) is 100 cm³/mol. The van der Waals surface area contributed by atoms with Crippen LogP contribution < -0.4 is 0 Å². The van der Waals surface area contributed by atoms with Crippen LogP contribution in [0.25, 0.3) is 0 Å². The number of carboxylic acids is 1. The summed E-state index contributed by atoms with van der Waals surface area (Å²) >= 11 is 0. The van der Waals surface area contributed by atoms with Gasteiger partial charge in [-0.25, -0.2) is 4.79 Å². The highest BCUT2D eigenvalue weighted by molar-refractivity contribution is 5.88. The van der Waals surface area contributed by atoms with Crippen LogP contribution >= 0.6 is 0 Å². The van der Waals surface area contributed by atoms with E-state index in [4.69, 9.17) is 9.84 Å². The van der Waals surface area contributed by atoms with E-state index < -0.39 is 23.7 Å². The van der Waals surface area contributed by atoms with Gasteiger partial charge in [0.1, 0.15) is 18.2 Å². The molecule has 7 nitrogen and oxygen atoms in total. The molecular formula is C20H28N2O5. The van der Waals surface area contributed by atoms with Crippen molar-refractivity contribution in [1.29, 1.82) is 0 Å². The minimum atomic E-state index is -1.06. The van der Waals surface area contributed by atoms with Gasteiger partial charge in [-0.05, 0) is 45.6 Å². The second kappa shape index (κ2) is 8.88. The Labute approximate surface area is 159 Å².